The summed E-state index contributed by atoms with van der Waals surface area (Å²) in [6.07, 6.45) is 9.69. The van der Waals surface area contributed by atoms with E-state index in [9.17, 15) is 9.59 Å². The highest BCUT2D eigenvalue weighted by Gasteiger charge is 2.42. The number of rotatable bonds is 8. The van der Waals surface area contributed by atoms with E-state index in [2.05, 4.69) is 28.0 Å². The van der Waals surface area contributed by atoms with E-state index in [4.69, 9.17) is 10.2 Å². The minimum Gasteiger partial charge on any atom is -0.481 e. The highest BCUT2D eigenvalue weighted by atomic mass is 16.4. The van der Waals surface area contributed by atoms with Gasteiger partial charge in [-0.05, 0) is 50.6 Å². The number of nitrogens with one attached hydrogen (secondary N) is 1. The normalized spacial score (nSPS) is 29.1. The average molecular weight is 417 g/mol. The lowest BCUT2D eigenvalue weighted by molar-refractivity contribution is -0.137. The second-order valence-electron chi connectivity index (χ2n) is 9.54. The summed E-state index contributed by atoms with van der Waals surface area (Å²) in [6.45, 7) is 2.83. The van der Waals surface area contributed by atoms with E-state index in [0.29, 0.717) is 43.2 Å². The Morgan fingerprint density at radius 3 is 2.70 bits per heavy atom. The molecule has 4 heterocycles. The van der Waals surface area contributed by atoms with E-state index in [-0.39, 0.29) is 12.3 Å². The lowest BCUT2D eigenvalue weighted by Gasteiger charge is -2.50. The maximum Gasteiger partial charge on any atom is 0.303 e. The number of aryl methyl sites for hydroxylation is 1. The smallest absolute Gasteiger partial charge is 0.303 e. The molecule has 0 radical (unpaired) electrons. The fourth-order valence-corrected chi connectivity index (χ4v) is 5.86. The molecule has 0 aromatic carbocycles. The van der Waals surface area contributed by atoms with Crippen molar-refractivity contribution in [2.75, 3.05) is 19.6 Å². The Labute approximate surface area is 179 Å². The number of aromatic nitrogens is 2. The zero-order chi connectivity index (χ0) is 21.1. The molecule has 0 spiro atoms. The van der Waals surface area contributed by atoms with Crippen LogP contribution in [0.25, 0.3) is 0 Å². The number of carboxylic acids is 1. The van der Waals surface area contributed by atoms with Gasteiger partial charge in [0.05, 0.1) is 5.69 Å². The van der Waals surface area contributed by atoms with Crippen LogP contribution in [0.3, 0.4) is 0 Å². The van der Waals surface area contributed by atoms with Gasteiger partial charge in [0.15, 0.2) is 0 Å². The van der Waals surface area contributed by atoms with Crippen LogP contribution in [0.4, 0.5) is 0 Å². The molecule has 30 heavy (non-hydrogen) atoms. The minimum atomic E-state index is -0.841. The number of carbonyl (C=O) groups excluding carboxylic acids is 1. The first-order valence-electron chi connectivity index (χ1n) is 11.8. The van der Waals surface area contributed by atoms with Crippen LogP contribution in [0.1, 0.15) is 87.4 Å². The summed E-state index contributed by atoms with van der Waals surface area (Å²) in [5.74, 6) is 0.962. The van der Waals surface area contributed by atoms with Gasteiger partial charge in [0.1, 0.15) is 0 Å². The van der Waals surface area contributed by atoms with Crippen LogP contribution < -0.4 is 5.32 Å². The van der Waals surface area contributed by atoms with Crippen LogP contribution in [-0.2, 0) is 16.6 Å². The van der Waals surface area contributed by atoms with Gasteiger partial charge in [0.25, 0.3) is 0 Å². The van der Waals surface area contributed by atoms with Crippen molar-refractivity contribution in [2.24, 2.45) is 13.0 Å². The van der Waals surface area contributed by atoms with Gasteiger partial charge in [0, 0.05) is 56.6 Å². The van der Waals surface area contributed by atoms with Gasteiger partial charge in [-0.3, -0.25) is 19.2 Å². The maximum atomic E-state index is 12.0. The Morgan fingerprint density at radius 1 is 1.20 bits per heavy atom. The number of nitrogens with zero attached hydrogens (tertiary/aromatic N) is 3. The van der Waals surface area contributed by atoms with Crippen LogP contribution in [0.15, 0.2) is 6.07 Å². The molecular formula is C23H36N4O3. The summed E-state index contributed by atoms with van der Waals surface area (Å²) in [5, 5.41) is 16.6. The topological polar surface area (TPSA) is 87.5 Å². The fraction of sp³-hybridized carbons (Fsp3) is 0.783. The molecule has 4 fully saturated rings. The first kappa shape index (κ1) is 21.3. The number of piperidine rings is 3. The van der Waals surface area contributed by atoms with Gasteiger partial charge in [-0.25, -0.2) is 0 Å². The van der Waals surface area contributed by atoms with E-state index >= 15 is 0 Å². The zero-order valence-corrected chi connectivity index (χ0v) is 18.2. The van der Waals surface area contributed by atoms with E-state index in [0.717, 1.165) is 19.5 Å². The largest absolute Gasteiger partial charge is 0.481 e. The third-order valence-corrected chi connectivity index (χ3v) is 7.55. The van der Waals surface area contributed by atoms with Gasteiger partial charge in [-0.15, -0.1) is 0 Å². The summed E-state index contributed by atoms with van der Waals surface area (Å²) in [5.41, 5.74) is 2.69. The summed E-state index contributed by atoms with van der Waals surface area (Å²) >= 11 is 0. The molecule has 2 N–H and O–H groups in total. The molecule has 3 aliphatic heterocycles. The molecule has 4 unspecified atom stereocenters. The predicted molar refractivity (Wildman–Crippen MR) is 114 cm³/mol. The average Bonchev–Trinajstić information content (AvgIpc) is 3.14. The lowest BCUT2D eigenvalue weighted by Crippen LogP contribution is -2.56. The molecule has 4 atom stereocenters. The molecule has 2 bridgehead atoms. The van der Waals surface area contributed by atoms with Crippen molar-refractivity contribution >= 4 is 11.9 Å². The van der Waals surface area contributed by atoms with Crippen molar-refractivity contribution < 1.29 is 14.7 Å². The summed E-state index contributed by atoms with van der Waals surface area (Å²) < 4.78 is 2.13. The number of carbonyl (C=O) groups is 2. The minimum absolute atomic E-state index is 0.0285. The SMILES string of the molecule is Cn1nc(C2CCCCC2)cc1C1CN2CCC1CC2CNC(=O)CCCC(=O)O. The standard InChI is InChI=1S/C23H36N4O3/c1-26-21(13-20(25-26)16-6-3-2-4-7-16)19-15-27-11-10-17(19)12-18(27)14-24-22(28)8-5-9-23(29)30/h13,16-19H,2-12,14-15H2,1H3,(H,24,28)(H,29,30). The van der Waals surface area contributed by atoms with E-state index < -0.39 is 5.97 Å². The molecule has 1 aromatic rings. The van der Waals surface area contributed by atoms with Gasteiger partial charge in [-0.1, -0.05) is 19.3 Å². The molecule has 1 saturated carbocycles. The maximum absolute atomic E-state index is 12.0. The van der Waals surface area contributed by atoms with Gasteiger partial charge >= 0.3 is 5.97 Å². The van der Waals surface area contributed by atoms with E-state index in [1.54, 1.807) is 0 Å². The van der Waals surface area contributed by atoms with Gasteiger partial charge in [0.2, 0.25) is 5.91 Å². The first-order valence-corrected chi connectivity index (χ1v) is 11.8. The molecule has 7 nitrogen and oxygen atoms in total. The second-order valence-corrected chi connectivity index (χ2v) is 9.54. The molecule has 1 aromatic heterocycles. The molecule has 1 amide bonds. The number of hydrogen-bond donors (Lipinski definition) is 2. The summed E-state index contributed by atoms with van der Waals surface area (Å²) in [7, 11) is 2.11. The van der Waals surface area contributed by atoms with Crippen LogP contribution in [0, 0.1) is 5.92 Å². The van der Waals surface area contributed by atoms with E-state index in [1.807, 2.05) is 0 Å². The summed E-state index contributed by atoms with van der Waals surface area (Å²) in [4.78, 5) is 25.2. The first-order chi connectivity index (χ1) is 14.5. The number of aliphatic carboxylic acids is 1. The predicted octanol–water partition coefficient (Wildman–Crippen LogP) is 3.02. The molecule has 166 valence electrons. The van der Waals surface area contributed by atoms with Crippen LogP contribution in [-0.4, -0.2) is 57.3 Å². The van der Waals surface area contributed by atoms with Crippen molar-refractivity contribution in [3.63, 3.8) is 0 Å². The van der Waals surface area contributed by atoms with E-state index in [1.165, 1.54) is 49.9 Å². The number of fused-ring (bicyclic) bond motifs is 3. The van der Waals surface area contributed by atoms with Crippen molar-refractivity contribution in [2.45, 2.75) is 82.1 Å². The fourth-order valence-electron chi connectivity index (χ4n) is 5.86. The second kappa shape index (κ2) is 9.50. The van der Waals surface area contributed by atoms with Crippen LogP contribution in [0.5, 0.6) is 0 Å². The molecule has 3 saturated heterocycles. The lowest BCUT2D eigenvalue weighted by atomic mass is 9.74. The Morgan fingerprint density at radius 2 is 2.00 bits per heavy atom. The Hall–Kier alpha value is -1.89. The van der Waals surface area contributed by atoms with Crippen molar-refractivity contribution in [3.8, 4) is 0 Å². The number of hydrogen-bond acceptors (Lipinski definition) is 4. The molecular weight excluding hydrogens is 380 g/mol. The quantitative estimate of drug-likeness (QED) is 0.680. The highest BCUT2D eigenvalue weighted by molar-refractivity contribution is 5.76. The van der Waals surface area contributed by atoms with Crippen molar-refractivity contribution in [1.82, 2.24) is 20.0 Å². The summed E-state index contributed by atoms with van der Waals surface area (Å²) in [6, 6.07) is 2.79. The van der Waals surface area contributed by atoms with Gasteiger partial charge in [-0.2, -0.15) is 5.10 Å². The molecule has 7 heteroatoms. The highest BCUT2D eigenvalue weighted by Crippen LogP contribution is 2.42. The molecule has 4 aliphatic rings. The Bertz CT molecular complexity index is 756. The molecule has 5 rings (SSSR count). The third-order valence-electron chi connectivity index (χ3n) is 7.55. The molecule has 1 aliphatic carbocycles. The third kappa shape index (κ3) is 4.88. The Balaban J connectivity index is 1.31. The number of carboxylic acid groups (broad SMARTS) is 1. The number of amides is 1. The zero-order valence-electron chi connectivity index (χ0n) is 18.2. The van der Waals surface area contributed by atoms with Crippen LogP contribution in [0.2, 0.25) is 0 Å². The van der Waals surface area contributed by atoms with Crippen molar-refractivity contribution in [1.29, 1.82) is 0 Å². The monoisotopic (exact) mass is 416 g/mol. The van der Waals surface area contributed by atoms with Crippen molar-refractivity contribution in [3.05, 3.63) is 17.5 Å². The van der Waals surface area contributed by atoms with Gasteiger partial charge < -0.3 is 10.4 Å². The van der Waals surface area contributed by atoms with Crippen LogP contribution >= 0.6 is 0 Å². The Kier molecular flexibility index (Phi) is 6.76.